The molecule has 0 atom stereocenters. The third kappa shape index (κ3) is 3.15. The Labute approximate surface area is 220 Å². The zero-order valence-corrected chi connectivity index (χ0v) is 20.6. The van der Waals surface area contributed by atoms with Crippen LogP contribution in [0.25, 0.3) is 0 Å². The van der Waals surface area contributed by atoms with Gasteiger partial charge in [-0.25, -0.2) is 4.79 Å². The summed E-state index contributed by atoms with van der Waals surface area (Å²) in [5, 5.41) is 0. The van der Waals surface area contributed by atoms with Crippen LogP contribution in [0.1, 0.15) is 27.0 Å². The van der Waals surface area contributed by atoms with Gasteiger partial charge in [0.05, 0.1) is 18.4 Å². The molecule has 0 fully saturated rings. The lowest BCUT2D eigenvalue weighted by Gasteiger charge is -2.36. The van der Waals surface area contributed by atoms with E-state index < -0.39 is 5.60 Å². The number of rotatable bonds is 4. The highest BCUT2D eigenvalue weighted by molar-refractivity contribution is 6.04. The van der Waals surface area contributed by atoms with Crippen LogP contribution in [0.15, 0.2) is 121 Å². The van der Waals surface area contributed by atoms with Gasteiger partial charge in [0.2, 0.25) is 0 Å². The van der Waals surface area contributed by atoms with E-state index in [-0.39, 0.29) is 5.97 Å². The average Bonchev–Trinajstić information content (AvgIpc) is 3.27. The molecule has 0 aromatic heterocycles. The SMILES string of the molecule is COc1ccc(N(c2ccccc2)c2cccc3c2C(=O)OC32c3ccccc3Oc3ccccc32)cc1. The molecule has 0 bridgehead atoms. The van der Waals surface area contributed by atoms with Gasteiger partial charge in [-0.1, -0.05) is 66.7 Å². The summed E-state index contributed by atoms with van der Waals surface area (Å²) in [5.41, 5.74) is 4.37. The number of ether oxygens (including phenoxy) is 3. The van der Waals surface area contributed by atoms with E-state index in [1.54, 1.807) is 7.11 Å². The highest BCUT2D eigenvalue weighted by Crippen LogP contribution is 2.57. The second-order valence-corrected chi connectivity index (χ2v) is 9.23. The molecule has 0 aliphatic carbocycles. The molecule has 0 saturated carbocycles. The van der Waals surface area contributed by atoms with Crippen LogP contribution in [-0.2, 0) is 10.3 Å². The Morgan fingerprint density at radius 3 is 1.87 bits per heavy atom. The summed E-state index contributed by atoms with van der Waals surface area (Å²) >= 11 is 0. The van der Waals surface area contributed by atoms with Crippen LogP contribution >= 0.6 is 0 Å². The Morgan fingerprint density at radius 2 is 1.21 bits per heavy atom. The van der Waals surface area contributed by atoms with Crippen LogP contribution in [0.4, 0.5) is 17.1 Å². The maximum atomic E-state index is 13.9. The van der Waals surface area contributed by atoms with Gasteiger partial charge in [0.15, 0.2) is 5.60 Å². The number of benzene rings is 5. The smallest absolute Gasteiger partial charge is 0.342 e. The van der Waals surface area contributed by atoms with Crippen LogP contribution in [0.5, 0.6) is 17.2 Å². The van der Waals surface area contributed by atoms with Gasteiger partial charge in [0.25, 0.3) is 0 Å². The van der Waals surface area contributed by atoms with Crippen LogP contribution in [0, 0.1) is 0 Å². The zero-order valence-electron chi connectivity index (χ0n) is 20.6. The van der Waals surface area contributed by atoms with Crippen LogP contribution in [-0.4, -0.2) is 13.1 Å². The third-order valence-corrected chi connectivity index (χ3v) is 7.21. The maximum absolute atomic E-state index is 13.9. The number of fused-ring (bicyclic) bond motifs is 6. The first-order chi connectivity index (χ1) is 18.7. The predicted octanol–water partition coefficient (Wildman–Crippen LogP) is 7.73. The molecule has 1 spiro atoms. The van der Waals surface area contributed by atoms with Crippen molar-refractivity contribution >= 4 is 23.0 Å². The minimum absolute atomic E-state index is 0.378. The van der Waals surface area contributed by atoms with E-state index in [1.807, 2.05) is 121 Å². The van der Waals surface area contributed by atoms with Crippen molar-refractivity contribution < 1.29 is 19.0 Å². The molecule has 7 rings (SSSR count). The number of hydrogen-bond donors (Lipinski definition) is 0. The summed E-state index contributed by atoms with van der Waals surface area (Å²) in [6, 6.07) is 39.3. The van der Waals surface area contributed by atoms with Crippen LogP contribution in [0.2, 0.25) is 0 Å². The molecule has 2 aliphatic rings. The number of hydrogen-bond acceptors (Lipinski definition) is 5. The van der Waals surface area contributed by atoms with Crippen molar-refractivity contribution in [3.8, 4) is 17.2 Å². The zero-order chi connectivity index (χ0) is 25.7. The standard InChI is InChI=1S/C33H23NO4/c1-36-24-20-18-23(19-21-24)34(22-10-3-2-4-11-22)28-15-9-14-27-31(28)32(35)38-33(27)25-12-5-7-16-29(25)37-30-17-8-6-13-26(30)33/h2-21H,1H3. The Balaban J connectivity index is 1.50. The van der Waals surface area contributed by atoms with E-state index in [4.69, 9.17) is 14.2 Å². The number of carbonyl (C=O) groups excluding carboxylic acids is 1. The highest BCUT2D eigenvalue weighted by atomic mass is 16.6. The summed E-state index contributed by atoms with van der Waals surface area (Å²) in [6.45, 7) is 0. The molecule has 0 N–H and O–H groups in total. The van der Waals surface area contributed by atoms with Crippen molar-refractivity contribution in [3.63, 3.8) is 0 Å². The maximum Gasteiger partial charge on any atom is 0.342 e. The number of para-hydroxylation sites is 3. The van der Waals surface area contributed by atoms with Crippen LogP contribution in [0.3, 0.4) is 0 Å². The molecule has 184 valence electrons. The number of esters is 1. The van der Waals surface area contributed by atoms with Crippen molar-refractivity contribution in [3.05, 3.63) is 144 Å². The van der Waals surface area contributed by atoms with E-state index in [0.717, 1.165) is 39.5 Å². The summed E-state index contributed by atoms with van der Waals surface area (Å²) in [7, 11) is 1.65. The van der Waals surface area contributed by atoms with Gasteiger partial charge in [-0.15, -0.1) is 0 Å². The Kier molecular flexibility index (Phi) is 4.98. The molecule has 0 unspecified atom stereocenters. The molecule has 0 amide bonds. The highest BCUT2D eigenvalue weighted by Gasteiger charge is 2.54. The second kappa shape index (κ2) is 8.53. The van der Waals surface area contributed by atoms with Gasteiger partial charge in [-0.3, -0.25) is 0 Å². The Hall–Kier alpha value is -5.03. The van der Waals surface area contributed by atoms with Gasteiger partial charge >= 0.3 is 5.97 Å². The van der Waals surface area contributed by atoms with E-state index in [2.05, 4.69) is 4.90 Å². The van der Waals surface area contributed by atoms with E-state index in [1.165, 1.54) is 0 Å². The lowest BCUT2D eigenvalue weighted by Crippen LogP contribution is -2.32. The fourth-order valence-corrected chi connectivity index (χ4v) is 5.57. The Morgan fingerprint density at radius 1 is 0.632 bits per heavy atom. The fraction of sp³-hybridized carbons (Fsp3) is 0.0606. The lowest BCUT2D eigenvalue weighted by atomic mass is 9.77. The summed E-state index contributed by atoms with van der Waals surface area (Å²) in [6.07, 6.45) is 0. The van der Waals surface area contributed by atoms with Crippen molar-refractivity contribution in [1.29, 1.82) is 0 Å². The van der Waals surface area contributed by atoms with Crippen molar-refractivity contribution in [2.24, 2.45) is 0 Å². The van der Waals surface area contributed by atoms with E-state index in [9.17, 15) is 4.79 Å². The largest absolute Gasteiger partial charge is 0.497 e. The van der Waals surface area contributed by atoms with Gasteiger partial charge in [0, 0.05) is 28.1 Å². The number of nitrogens with zero attached hydrogens (tertiary/aromatic N) is 1. The molecule has 5 heteroatoms. The molecule has 5 nitrogen and oxygen atoms in total. The normalized spacial score (nSPS) is 14.1. The molecule has 5 aromatic carbocycles. The van der Waals surface area contributed by atoms with E-state index >= 15 is 0 Å². The quantitative estimate of drug-likeness (QED) is 0.238. The van der Waals surface area contributed by atoms with Gasteiger partial charge in [0.1, 0.15) is 17.2 Å². The van der Waals surface area contributed by atoms with E-state index in [0.29, 0.717) is 17.1 Å². The molecule has 38 heavy (non-hydrogen) atoms. The second-order valence-electron chi connectivity index (χ2n) is 9.23. The number of anilines is 3. The predicted molar refractivity (Wildman–Crippen MR) is 146 cm³/mol. The Bertz CT molecular complexity index is 1630. The van der Waals surface area contributed by atoms with Gasteiger partial charge < -0.3 is 19.1 Å². The van der Waals surface area contributed by atoms with Crippen molar-refractivity contribution in [2.75, 3.05) is 12.0 Å². The topological polar surface area (TPSA) is 48.0 Å². The lowest BCUT2D eigenvalue weighted by molar-refractivity contribution is 0.0225. The molecule has 0 saturated heterocycles. The minimum atomic E-state index is -1.11. The summed E-state index contributed by atoms with van der Waals surface area (Å²) < 4.78 is 18.1. The first kappa shape index (κ1) is 22.2. The van der Waals surface area contributed by atoms with Crippen molar-refractivity contribution in [1.82, 2.24) is 0 Å². The molecule has 0 radical (unpaired) electrons. The molecule has 5 aromatic rings. The average molecular weight is 498 g/mol. The monoisotopic (exact) mass is 497 g/mol. The van der Waals surface area contributed by atoms with Gasteiger partial charge in [-0.2, -0.15) is 0 Å². The van der Waals surface area contributed by atoms with Crippen molar-refractivity contribution in [2.45, 2.75) is 5.60 Å². The molecular formula is C33H23NO4. The number of carbonyl (C=O) groups is 1. The van der Waals surface area contributed by atoms with Gasteiger partial charge in [-0.05, 0) is 54.6 Å². The number of methoxy groups -OCH3 is 1. The molecular weight excluding hydrogens is 474 g/mol. The van der Waals surface area contributed by atoms with Crippen LogP contribution < -0.4 is 14.4 Å². The fourth-order valence-electron chi connectivity index (χ4n) is 5.57. The first-order valence-electron chi connectivity index (χ1n) is 12.4. The first-order valence-corrected chi connectivity index (χ1v) is 12.4. The molecule has 2 aliphatic heterocycles. The summed E-state index contributed by atoms with van der Waals surface area (Å²) in [5.74, 6) is 1.73. The summed E-state index contributed by atoms with van der Waals surface area (Å²) in [4.78, 5) is 16.0. The minimum Gasteiger partial charge on any atom is -0.497 e. The third-order valence-electron chi connectivity index (χ3n) is 7.21. The molecule has 2 heterocycles.